The lowest BCUT2D eigenvalue weighted by atomic mass is 10.0. The molecule has 0 atom stereocenters. The summed E-state index contributed by atoms with van der Waals surface area (Å²) in [5, 5.41) is 0. The van der Waals surface area contributed by atoms with Gasteiger partial charge in [0.25, 0.3) is 0 Å². The van der Waals surface area contributed by atoms with E-state index in [9.17, 15) is 9.59 Å². The van der Waals surface area contributed by atoms with Crippen molar-refractivity contribution in [2.24, 2.45) is 0 Å². The minimum atomic E-state index is -1.14. The van der Waals surface area contributed by atoms with Crippen molar-refractivity contribution in [1.29, 1.82) is 0 Å². The molecule has 0 spiro atoms. The zero-order valence-corrected chi connectivity index (χ0v) is 14.3. The van der Waals surface area contributed by atoms with Crippen LogP contribution in [0.15, 0.2) is 69.9 Å². The highest BCUT2D eigenvalue weighted by molar-refractivity contribution is 5.93. The lowest BCUT2D eigenvalue weighted by Crippen LogP contribution is -2.41. The Labute approximate surface area is 149 Å². The second-order valence-electron chi connectivity index (χ2n) is 6.48. The van der Waals surface area contributed by atoms with Crippen LogP contribution in [0.3, 0.4) is 0 Å². The highest BCUT2D eigenvalue weighted by Crippen LogP contribution is 2.33. The third-order valence-corrected chi connectivity index (χ3v) is 4.07. The Bertz CT molecular complexity index is 1050. The Morgan fingerprint density at radius 1 is 0.769 bits per heavy atom. The molecule has 26 heavy (non-hydrogen) atoms. The molecule has 0 saturated carbocycles. The largest absolute Gasteiger partial charge is 0.451 e. The fourth-order valence-corrected chi connectivity index (χ4v) is 2.92. The van der Waals surface area contributed by atoms with Crippen LogP contribution in [0, 0.1) is 0 Å². The van der Waals surface area contributed by atoms with E-state index < -0.39 is 17.4 Å². The molecule has 0 saturated heterocycles. The van der Waals surface area contributed by atoms with Gasteiger partial charge in [0.15, 0.2) is 5.56 Å². The average molecular weight is 348 g/mol. The summed E-state index contributed by atoms with van der Waals surface area (Å²) >= 11 is 0. The van der Waals surface area contributed by atoms with Crippen molar-refractivity contribution in [1.82, 2.24) is 0 Å². The monoisotopic (exact) mass is 348 g/mol. The minimum absolute atomic E-state index is 0.169. The Morgan fingerprint density at radius 2 is 1.46 bits per heavy atom. The highest BCUT2D eigenvalue weighted by atomic mass is 16.7. The fraction of sp³-hybridized carbons (Fsp3) is 0.143. The molecule has 0 fully saturated rings. The van der Waals surface area contributed by atoms with E-state index >= 15 is 0 Å². The van der Waals surface area contributed by atoms with Crippen LogP contribution in [-0.4, -0.2) is 11.8 Å². The molecular formula is C21H16O5. The number of rotatable bonds is 2. The Balaban J connectivity index is 1.82. The molecule has 0 aliphatic carbocycles. The molecule has 3 aromatic rings. The maximum absolute atomic E-state index is 12.3. The van der Waals surface area contributed by atoms with Gasteiger partial charge in [-0.25, -0.2) is 9.59 Å². The summed E-state index contributed by atoms with van der Waals surface area (Å²) in [6, 6.07) is 19.1. The van der Waals surface area contributed by atoms with E-state index in [0.717, 1.165) is 11.1 Å². The summed E-state index contributed by atoms with van der Waals surface area (Å²) in [6.45, 7) is 3.22. The molecule has 0 radical (unpaired) electrons. The maximum Gasteiger partial charge on any atom is 0.354 e. The molecule has 4 rings (SSSR count). The summed E-state index contributed by atoms with van der Waals surface area (Å²) in [6.07, 6.45) is 0. The van der Waals surface area contributed by atoms with Gasteiger partial charge in [0, 0.05) is 25.5 Å². The number of carbonyl (C=O) groups is 1. The molecule has 5 nitrogen and oxygen atoms in total. The van der Waals surface area contributed by atoms with E-state index in [4.69, 9.17) is 13.9 Å². The number of hydrogen-bond donors (Lipinski definition) is 0. The van der Waals surface area contributed by atoms with Gasteiger partial charge in [0.05, 0.1) is 0 Å². The molecule has 1 aromatic heterocycles. The molecule has 0 amide bonds. The van der Waals surface area contributed by atoms with Crippen LogP contribution in [0.25, 0.3) is 22.5 Å². The third-order valence-electron chi connectivity index (χ3n) is 4.07. The minimum Gasteiger partial charge on any atom is -0.451 e. The van der Waals surface area contributed by atoms with Crippen LogP contribution < -0.4 is 10.4 Å². The van der Waals surface area contributed by atoms with Gasteiger partial charge in [-0.05, 0) is 17.2 Å². The number of ether oxygens (including phenoxy) is 2. The molecule has 0 unspecified atom stereocenters. The molecule has 130 valence electrons. The van der Waals surface area contributed by atoms with Crippen molar-refractivity contribution in [2.75, 3.05) is 0 Å². The molecule has 2 aromatic carbocycles. The van der Waals surface area contributed by atoms with Crippen molar-refractivity contribution >= 4 is 5.97 Å². The van der Waals surface area contributed by atoms with Crippen molar-refractivity contribution in [3.63, 3.8) is 0 Å². The molecule has 0 N–H and O–H groups in total. The van der Waals surface area contributed by atoms with Crippen molar-refractivity contribution in [3.05, 3.63) is 76.6 Å². The predicted octanol–water partition coefficient (Wildman–Crippen LogP) is 4.26. The number of carbonyl (C=O) groups excluding carboxylic acids is 1. The quantitative estimate of drug-likeness (QED) is 0.648. The van der Waals surface area contributed by atoms with Crippen molar-refractivity contribution in [3.8, 4) is 28.2 Å². The van der Waals surface area contributed by atoms with E-state index in [-0.39, 0.29) is 11.3 Å². The summed E-state index contributed by atoms with van der Waals surface area (Å²) in [7, 11) is 0. The van der Waals surface area contributed by atoms with Crippen LogP contribution in [0.2, 0.25) is 0 Å². The number of fused-ring (bicyclic) bond motifs is 1. The van der Waals surface area contributed by atoms with Crippen molar-refractivity contribution in [2.45, 2.75) is 19.6 Å². The van der Waals surface area contributed by atoms with Crippen LogP contribution in [0.5, 0.6) is 5.75 Å². The van der Waals surface area contributed by atoms with Gasteiger partial charge in [0.2, 0.25) is 5.79 Å². The standard InChI is InChI=1S/C21H16O5/c1-21(2)25-17-12-16(24-19(22)18(17)20(23)26-21)15-10-6-9-14(11-15)13-7-4-3-5-8-13/h3-12H,1-2H3. The van der Waals surface area contributed by atoms with E-state index in [0.29, 0.717) is 11.3 Å². The summed E-state index contributed by atoms with van der Waals surface area (Å²) in [5.74, 6) is -1.38. The molecule has 1 aliphatic rings. The van der Waals surface area contributed by atoms with E-state index in [1.807, 2.05) is 54.6 Å². The van der Waals surface area contributed by atoms with Crippen LogP contribution >= 0.6 is 0 Å². The van der Waals surface area contributed by atoms with Crippen molar-refractivity contribution < 1.29 is 18.7 Å². The van der Waals surface area contributed by atoms with Gasteiger partial charge >= 0.3 is 11.6 Å². The first-order valence-corrected chi connectivity index (χ1v) is 8.19. The first-order chi connectivity index (χ1) is 12.4. The van der Waals surface area contributed by atoms with E-state index in [1.54, 1.807) is 19.9 Å². The second-order valence-corrected chi connectivity index (χ2v) is 6.48. The molecular weight excluding hydrogens is 332 g/mol. The molecule has 5 heteroatoms. The number of cyclic esters (lactones) is 1. The maximum atomic E-state index is 12.3. The van der Waals surface area contributed by atoms with E-state index in [2.05, 4.69) is 0 Å². The second kappa shape index (κ2) is 5.88. The molecule has 1 aliphatic heterocycles. The number of hydrogen-bond acceptors (Lipinski definition) is 5. The number of benzene rings is 2. The van der Waals surface area contributed by atoms with Gasteiger partial charge in [-0.15, -0.1) is 0 Å². The first kappa shape index (κ1) is 16.1. The van der Waals surface area contributed by atoms with Gasteiger partial charge in [0.1, 0.15) is 11.5 Å². The van der Waals surface area contributed by atoms with Gasteiger partial charge in [-0.2, -0.15) is 0 Å². The Kier molecular flexibility index (Phi) is 3.65. The average Bonchev–Trinajstić information content (AvgIpc) is 2.60. The Hall–Kier alpha value is -3.34. The SMILES string of the molecule is CC1(C)OC(=O)c2c(cc(-c3cccc(-c4ccccc4)c3)oc2=O)O1. The zero-order valence-electron chi connectivity index (χ0n) is 14.3. The predicted molar refractivity (Wildman–Crippen MR) is 96.0 cm³/mol. The summed E-state index contributed by atoms with van der Waals surface area (Å²) in [4.78, 5) is 24.3. The van der Waals surface area contributed by atoms with Crippen LogP contribution in [-0.2, 0) is 4.74 Å². The molecule has 2 heterocycles. The fourth-order valence-electron chi connectivity index (χ4n) is 2.92. The van der Waals surface area contributed by atoms with Gasteiger partial charge < -0.3 is 13.9 Å². The van der Waals surface area contributed by atoms with E-state index in [1.165, 1.54) is 0 Å². The third kappa shape index (κ3) is 2.88. The summed E-state index contributed by atoms with van der Waals surface area (Å²) in [5.41, 5.74) is 1.77. The zero-order chi connectivity index (χ0) is 18.3. The van der Waals surface area contributed by atoms with Gasteiger partial charge in [-0.3, -0.25) is 0 Å². The topological polar surface area (TPSA) is 65.7 Å². The van der Waals surface area contributed by atoms with Crippen LogP contribution in [0.4, 0.5) is 0 Å². The lowest BCUT2D eigenvalue weighted by molar-refractivity contribution is -0.128. The first-order valence-electron chi connectivity index (χ1n) is 8.19. The smallest absolute Gasteiger partial charge is 0.354 e. The Morgan fingerprint density at radius 3 is 2.23 bits per heavy atom. The summed E-state index contributed by atoms with van der Waals surface area (Å²) < 4.78 is 16.1. The molecule has 0 bridgehead atoms. The lowest BCUT2D eigenvalue weighted by Gasteiger charge is -2.30. The van der Waals surface area contributed by atoms with Gasteiger partial charge in [-0.1, -0.05) is 48.5 Å². The normalized spacial score (nSPS) is 14.9. The van der Waals surface area contributed by atoms with Crippen LogP contribution in [0.1, 0.15) is 24.2 Å². The number of esters is 1. The highest BCUT2D eigenvalue weighted by Gasteiger charge is 2.37.